The van der Waals surface area contributed by atoms with Crippen molar-refractivity contribution in [3.05, 3.63) is 170 Å². The second-order valence-corrected chi connectivity index (χ2v) is 11.6. The monoisotopic (exact) mass is 572 g/mol. The molecule has 0 spiro atoms. The lowest BCUT2D eigenvalue weighted by atomic mass is 9.85. The number of fused-ring (bicyclic) bond motifs is 5. The molecule has 0 radical (unpaired) electrons. The summed E-state index contributed by atoms with van der Waals surface area (Å²) in [6.45, 7) is 0. The normalized spacial score (nSPS) is 11.6. The Morgan fingerprint density at radius 1 is 0.289 bits per heavy atom. The standard InChI is InChI=1S/C44H28O/c1-3-13-29(14-4-1)31-17-11-18-32(27-31)34-23-12-24-41-44(34)39-28-33(25-26-40(39)45-41)43-37-21-9-7-19-35(37)42(30-15-5-2-6-16-30)36-20-8-10-22-38(36)43/h1-28H. The van der Waals surface area contributed by atoms with E-state index >= 15 is 0 Å². The van der Waals surface area contributed by atoms with E-state index in [9.17, 15) is 0 Å². The molecule has 0 fully saturated rings. The molecule has 0 aliphatic rings. The van der Waals surface area contributed by atoms with Crippen molar-refractivity contribution in [2.45, 2.75) is 0 Å². The molecule has 8 aromatic carbocycles. The van der Waals surface area contributed by atoms with Crippen LogP contribution in [0.4, 0.5) is 0 Å². The van der Waals surface area contributed by atoms with Crippen LogP contribution in [0.2, 0.25) is 0 Å². The molecule has 0 aliphatic carbocycles. The van der Waals surface area contributed by atoms with E-state index in [0.29, 0.717) is 0 Å². The Morgan fingerprint density at radius 3 is 1.49 bits per heavy atom. The van der Waals surface area contributed by atoms with Crippen molar-refractivity contribution in [1.82, 2.24) is 0 Å². The van der Waals surface area contributed by atoms with Gasteiger partial charge in [0.25, 0.3) is 0 Å². The molecule has 1 nitrogen and oxygen atoms in total. The van der Waals surface area contributed by atoms with Gasteiger partial charge in [-0.2, -0.15) is 0 Å². The van der Waals surface area contributed by atoms with Gasteiger partial charge in [0.15, 0.2) is 0 Å². The molecule has 0 unspecified atom stereocenters. The van der Waals surface area contributed by atoms with E-state index in [1.807, 2.05) is 0 Å². The summed E-state index contributed by atoms with van der Waals surface area (Å²) in [5, 5.41) is 7.29. The Morgan fingerprint density at radius 2 is 0.822 bits per heavy atom. The number of rotatable bonds is 4. The Hall–Kier alpha value is -5.92. The minimum absolute atomic E-state index is 0.898. The fourth-order valence-corrected chi connectivity index (χ4v) is 7.08. The number of benzene rings is 8. The maximum absolute atomic E-state index is 6.47. The van der Waals surface area contributed by atoms with E-state index in [-0.39, 0.29) is 0 Å². The molecule has 0 amide bonds. The first kappa shape index (κ1) is 25.6. The molecule has 9 aromatic rings. The van der Waals surface area contributed by atoms with E-state index in [0.717, 1.165) is 21.9 Å². The molecule has 210 valence electrons. The third-order valence-corrected chi connectivity index (χ3v) is 9.06. The van der Waals surface area contributed by atoms with Crippen LogP contribution < -0.4 is 0 Å². The van der Waals surface area contributed by atoms with Gasteiger partial charge in [-0.3, -0.25) is 0 Å². The van der Waals surface area contributed by atoms with Crippen LogP contribution in [0.1, 0.15) is 0 Å². The van der Waals surface area contributed by atoms with Crippen molar-refractivity contribution in [3.8, 4) is 44.5 Å². The Kier molecular flexibility index (Phi) is 5.89. The maximum atomic E-state index is 6.47. The van der Waals surface area contributed by atoms with Gasteiger partial charge in [-0.15, -0.1) is 0 Å². The van der Waals surface area contributed by atoms with Crippen molar-refractivity contribution in [3.63, 3.8) is 0 Å². The van der Waals surface area contributed by atoms with Gasteiger partial charge in [0, 0.05) is 10.8 Å². The first-order chi connectivity index (χ1) is 22.3. The highest BCUT2D eigenvalue weighted by Crippen LogP contribution is 2.45. The summed E-state index contributed by atoms with van der Waals surface area (Å²) in [7, 11) is 0. The topological polar surface area (TPSA) is 13.1 Å². The molecule has 45 heavy (non-hydrogen) atoms. The van der Waals surface area contributed by atoms with Crippen LogP contribution in [-0.4, -0.2) is 0 Å². The Bertz CT molecular complexity index is 2460. The molecule has 1 heterocycles. The van der Waals surface area contributed by atoms with Crippen molar-refractivity contribution in [2.24, 2.45) is 0 Å². The Balaban J connectivity index is 1.31. The van der Waals surface area contributed by atoms with Crippen molar-refractivity contribution in [1.29, 1.82) is 0 Å². The van der Waals surface area contributed by atoms with E-state index in [1.54, 1.807) is 0 Å². The van der Waals surface area contributed by atoms with Crippen LogP contribution in [-0.2, 0) is 0 Å². The maximum Gasteiger partial charge on any atom is 0.136 e. The molecular formula is C44H28O. The minimum Gasteiger partial charge on any atom is -0.456 e. The van der Waals surface area contributed by atoms with Crippen molar-refractivity contribution >= 4 is 43.5 Å². The fraction of sp³-hybridized carbons (Fsp3) is 0. The first-order valence-corrected chi connectivity index (χ1v) is 15.4. The molecule has 1 aromatic heterocycles. The van der Waals surface area contributed by atoms with Crippen molar-refractivity contribution < 1.29 is 4.42 Å². The zero-order chi connectivity index (χ0) is 29.7. The summed E-state index contributed by atoms with van der Waals surface area (Å²) in [5.41, 5.74) is 11.5. The quantitative estimate of drug-likeness (QED) is 0.191. The molecule has 0 saturated heterocycles. The number of furan rings is 1. The molecule has 9 rings (SSSR count). The molecule has 0 aliphatic heterocycles. The fourth-order valence-electron chi connectivity index (χ4n) is 7.08. The summed E-state index contributed by atoms with van der Waals surface area (Å²) >= 11 is 0. The van der Waals surface area contributed by atoms with Crippen LogP contribution in [0.15, 0.2) is 174 Å². The molecular weight excluding hydrogens is 544 g/mol. The smallest absolute Gasteiger partial charge is 0.136 e. The zero-order valence-electron chi connectivity index (χ0n) is 24.6. The Labute approximate surface area is 261 Å². The third-order valence-electron chi connectivity index (χ3n) is 9.06. The number of hydrogen-bond donors (Lipinski definition) is 0. The highest BCUT2D eigenvalue weighted by atomic mass is 16.3. The van der Waals surface area contributed by atoms with E-state index in [1.165, 1.54) is 66.1 Å². The van der Waals surface area contributed by atoms with Gasteiger partial charge in [-0.25, -0.2) is 0 Å². The average Bonchev–Trinajstić information content (AvgIpc) is 3.49. The van der Waals surface area contributed by atoms with Gasteiger partial charge < -0.3 is 4.42 Å². The highest BCUT2D eigenvalue weighted by molar-refractivity contribution is 6.22. The van der Waals surface area contributed by atoms with Crippen LogP contribution in [0.3, 0.4) is 0 Å². The van der Waals surface area contributed by atoms with E-state index in [2.05, 4.69) is 170 Å². The van der Waals surface area contributed by atoms with Crippen LogP contribution in [0, 0.1) is 0 Å². The summed E-state index contributed by atoms with van der Waals surface area (Å²) in [4.78, 5) is 0. The van der Waals surface area contributed by atoms with Gasteiger partial charge in [0.05, 0.1) is 0 Å². The van der Waals surface area contributed by atoms with Gasteiger partial charge in [-0.05, 0) is 90.3 Å². The predicted molar refractivity (Wildman–Crippen MR) is 190 cm³/mol. The summed E-state index contributed by atoms with van der Waals surface area (Å²) in [6, 6.07) is 60.9. The van der Waals surface area contributed by atoms with Crippen LogP contribution >= 0.6 is 0 Å². The second-order valence-electron chi connectivity index (χ2n) is 11.6. The van der Waals surface area contributed by atoms with Crippen LogP contribution in [0.25, 0.3) is 88.0 Å². The van der Waals surface area contributed by atoms with E-state index < -0.39 is 0 Å². The van der Waals surface area contributed by atoms with Gasteiger partial charge in [0.2, 0.25) is 0 Å². The van der Waals surface area contributed by atoms with Crippen molar-refractivity contribution in [2.75, 3.05) is 0 Å². The second kappa shape index (κ2) is 10.4. The molecule has 0 N–H and O–H groups in total. The van der Waals surface area contributed by atoms with Gasteiger partial charge in [-0.1, -0.05) is 146 Å². The van der Waals surface area contributed by atoms with Gasteiger partial charge >= 0.3 is 0 Å². The minimum atomic E-state index is 0.898. The molecule has 0 saturated carbocycles. The summed E-state index contributed by atoms with van der Waals surface area (Å²) in [6.07, 6.45) is 0. The van der Waals surface area contributed by atoms with E-state index in [4.69, 9.17) is 4.42 Å². The lowest BCUT2D eigenvalue weighted by Crippen LogP contribution is -1.90. The van der Waals surface area contributed by atoms with Gasteiger partial charge in [0.1, 0.15) is 11.2 Å². The highest BCUT2D eigenvalue weighted by Gasteiger charge is 2.19. The average molecular weight is 573 g/mol. The third kappa shape index (κ3) is 4.17. The van der Waals surface area contributed by atoms with Crippen LogP contribution in [0.5, 0.6) is 0 Å². The SMILES string of the molecule is c1ccc(-c2cccc(-c3cccc4oc5ccc(-c6c7ccccc7c(-c7ccccc7)c7ccccc67)cc5c34)c2)cc1. The molecule has 1 heteroatoms. The largest absolute Gasteiger partial charge is 0.456 e. The zero-order valence-corrected chi connectivity index (χ0v) is 24.6. The lowest BCUT2D eigenvalue weighted by Gasteiger charge is -2.17. The number of hydrogen-bond acceptors (Lipinski definition) is 1. The summed E-state index contributed by atoms with van der Waals surface area (Å²) < 4.78 is 6.47. The predicted octanol–water partition coefficient (Wildman–Crippen LogP) is 12.6. The molecule has 0 atom stereocenters. The first-order valence-electron chi connectivity index (χ1n) is 15.4. The lowest BCUT2D eigenvalue weighted by molar-refractivity contribution is 0.669. The summed E-state index contributed by atoms with van der Waals surface area (Å²) in [5.74, 6) is 0. The molecule has 0 bridgehead atoms.